The van der Waals surface area contributed by atoms with Crippen LogP contribution in [0.3, 0.4) is 0 Å². The highest BCUT2D eigenvalue weighted by atomic mass is 16.6. The molecule has 0 amide bonds. The zero-order valence-corrected chi connectivity index (χ0v) is 7.20. The van der Waals surface area contributed by atoms with Crippen LogP contribution in [0.1, 0.15) is 13.8 Å². The molecule has 0 aliphatic heterocycles. The third-order valence-corrected chi connectivity index (χ3v) is 1.08. The number of hydrogen-bond acceptors (Lipinski definition) is 4. The molecule has 0 radical (unpaired) electrons. The van der Waals surface area contributed by atoms with E-state index in [1.54, 1.807) is 6.92 Å². The van der Waals surface area contributed by atoms with Crippen LogP contribution in [0.25, 0.3) is 0 Å². The molecule has 0 aromatic heterocycles. The Hall–Kier alpha value is -1.32. The second kappa shape index (κ2) is 5.35. The van der Waals surface area contributed by atoms with Gasteiger partial charge in [-0.05, 0) is 13.8 Å². The van der Waals surface area contributed by atoms with Gasteiger partial charge in [-0.3, -0.25) is 0 Å². The minimum absolute atomic E-state index is 0.273. The van der Waals surface area contributed by atoms with Gasteiger partial charge in [-0.1, -0.05) is 6.58 Å². The van der Waals surface area contributed by atoms with E-state index in [1.807, 2.05) is 0 Å². The second-order valence-corrected chi connectivity index (χ2v) is 2.04. The Morgan fingerprint density at radius 2 is 2.17 bits per heavy atom. The number of rotatable bonds is 4. The molecule has 0 N–H and O–H groups in total. The minimum atomic E-state index is -0.865. The first kappa shape index (κ1) is 10.7. The summed E-state index contributed by atoms with van der Waals surface area (Å²) < 4.78 is 9.18. The van der Waals surface area contributed by atoms with Crippen LogP contribution < -0.4 is 0 Å². The van der Waals surface area contributed by atoms with E-state index in [4.69, 9.17) is 0 Å². The molecule has 0 aromatic rings. The van der Waals surface area contributed by atoms with E-state index < -0.39 is 18.0 Å². The Balaban J connectivity index is 3.85. The maximum Gasteiger partial charge on any atom is 0.347 e. The summed E-state index contributed by atoms with van der Waals surface area (Å²) in [6.45, 7) is 6.59. The largest absolute Gasteiger partial charge is 0.463 e. The molecule has 68 valence electrons. The molecule has 0 spiro atoms. The fraction of sp³-hybridized carbons (Fsp3) is 0.500. The SMILES string of the molecule is C=CC(=O)O[C@@H](C)C(=O)OCC. The highest BCUT2D eigenvalue weighted by Gasteiger charge is 2.16. The molecule has 0 aliphatic carbocycles. The summed E-state index contributed by atoms with van der Waals surface area (Å²) in [5.74, 6) is -1.18. The molecule has 0 unspecified atom stereocenters. The fourth-order valence-corrected chi connectivity index (χ4v) is 0.530. The standard InChI is InChI=1S/C8H12O4/c1-4-7(9)12-6(3)8(10)11-5-2/h4,6H,1,5H2,2-3H3/t6-/m0/s1. The lowest BCUT2D eigenvalue weighted by Gasteiger charge is -2.09. The number of ether oxygens (including phenoxy) is 2. The van der Waals surface area contributed by atoms with E-state index in [0.717, 1.165) is 6.08 Å². The third kappa shape index (κ3) is 3.75. The zero-order valence-electron chi connectivity index (χ0n) is 7.20. The number of carbonyl (C=O) groups excluding carboxylic acids is 2. The van der Waals surface area contributed by atoms with E-state index in [-0.39, 0.29) is 6.61 Å². The lowest BCUT2D eigenvalue weighted by Crippen LogP contribution is -2.25. The van der Waals surface area contributed by atoms with E-state index in [1.165, 1.54) is 6.92 Å². The van der Waals surface area contributed by atoms with Gasteiger partial charge in [-0.25, -0.2) is 9.59 Å². The summed E-state index contributed by atoms with van der Waals surface area (Å²) in [4.78, 5) is 21.4. The Labute approximate surface area is 71.2 Å². The summed E-state index contributed by atoms with van der Waals surface area (Å²) in [7, 11) is 0. The maximum absolute atomic E-state index is 10.9. The van der Waals surface area contributed by atoms with Crippen molar-refractivity contribution in [3.05, 3.63) is 12.7 Å². The highest BCUT2D eigenvalue weighted by Crippen LogP contribution is 1.95. The van der Waals surface area contributed by atoms with Crippen LogP contribution >= 0.6 is 0 Å². The van der Waals surface area contributed by atoms with Crippen molar-refractivity contribution in [3.63, 3.8) is 0 Å². The summed E-state index contributed by atoms with van der Waals surface area (Å²) in [5.41, 5.74) is 0. The molecule has 0 aromatic carbocycles. The van der Waals surface area contributed by atoms with Crippen LogP contribution in [-0.2, 0) is 19.1 Å². The van der Waals surface area contributed by atoms with Crippen LogP contribution in [0.4, 0.5) is 0 Å². The van der Waals surface area contributed by atoms with Gasteiger partial charge in [0.25, 0.3) is 0 Å². The summed E-state index contributed by atoms with van der Waals surface area (Å²) >= 11 is 0. The molecule has 4 heteroatoms. The molecular formula is C8H12O4. The van der Waals surface area contributed by atoms with E-state index in [2.05, 4.69) is 16.1 Å². The van der Waals surface area contributed by atoms with Crippen LogP contribution in [-0.4, -0.2) is 24.6 Å². The van der Waals surface area contributed by atoms with Gasteiger partial charge < -0.3 is 9.47 Å². The van der Waals surface area contributed by atoms with Gasteiger partial charge in [0.1, 0.15) is 0 Å². The Kier molecular flexibility index (Phi) is 4.76. The molecule has 0 bridgehead atoms. The quantitative estimate of drug-likeness (QED) is 0.462. The van der Waals surface area contributed by atoms with Crippen LogP contribution in [0.5, 0.6) is 0 Å². The van der Waals surface area contributed by atoms with Gasteiger partial charge in [0, 0.05) is 6.08 Å². The van der Waals surface area contributed by atoms with Crippen LogP contribution in [0, 0.1) is 0 Å². The predicted octanol–water partition coefficient (Wildman–Crippen LogP) is 0.667. The van der Waals surface area contributed by atoms with Crippen LogP contribution in [0.15, 0.2) is 12.7 Å². The third-order valence-electron chi connectivity index (χ3n) is 1.08. The van der Waals surface area contributed by atoms with Crippen molar-refractivity contribution in [2.45, 2.75) is 20.0 Å². The summed E-state index contributed by atoms with van der Waals surface area (Å²) in [6.07, 6.45) is 0.130. The number of esters is 2. The van der Waals surface area contributed by atoms with Crippen molar-refractivity contribution < 1.29 is 19.1 Å². The molecule has 1 atom stereocenters. The van der Waals surface area contributed by atoms with E-state index in [0.29, 0.717) is 0 Å². The maximum atomic E-state index is 10.9. The predicted molar refractivity (Wildman–Crippen MR) is 42.4 cm³/mol. The normalized spacial score (nSPS) is 11.5. The van der Waals surface area contributed by atoms with Gasteiger partial charge in [0.2, 0.25) is 0 Å². The van der Waals surface area contributed by atoms with Crippen molar-refractivity contribution in [2.24, 2.45) is 0 Å². The lowest BCUT2D eigenvalue weighted by molar-refractivity contribution is -0.163. The lowest BCUT2D eigenvalue weighted by atomic mass is 10.4. The highest BCUT2D eigenvalue weighted by molar-refractivity contribution is 5.84. The fourth-order valence-electron chi connectivity index (χ4n) is 0.530. The molecule has 12 heavy (non-hydrogen) atoms. The summed E-state index contributed by atoms with van der Waals surface area (Å²) in [6, 6.07) is 0. The summed E-state index contributed by atoms with van der Waals surface area (Å²) in [5, 5.41) is 0. The number of hydrogen-bond donors (Lipinski definition) is 0. The van der Waals surface area contributed by atoms with Gasteiger partial charge in [0.15, 0.2) is 6.10 Å². The molecule has 4 nitrogen and oxygen atoms in total. The first-order valence-electron chi connectivity index (χ1n) is 3.61. The molecule has 0 saturated carbocycles. The average Bonchev–Trinajstić information content (AvgIpc) is 2.04. The average molecular weight is 172 g/mol. The molecule has 0 fully saturated rings. The molecule has 0 aliphatic rings. The zero-order chi connectivity index (χ0) is 9.56. The Morgan fingerprint density at radius 3 is 2.58 bits per heavy atom. The molecule has 0 heterocycles. The molecule has 0 rings (SSSR count). The van der Waals surface area contributed by atoms with E-state index in [9.17, 15) is 9.59 Å². The van der Waals surface area contributed by atoms with Gasteiger partial charge >= 0.3 is 11.9 Å². The van der Waals surface area contributed by atoms with Gasteiger partial charge in [0.05, 0.1) is 6.61 Å². The first-order valence-corrected chi connectivity index (χ1v) is 3.61. The van der Waals surface area contributed by atoms with Gasteiger partial charge in [-0.2, -0.15) is 0 Å². The van der Waals surface area contributed by atoms with E-state index >= 15 is 0 Å². The van der Waals surface area contributed by atoms with Crippen molar-refractivity contribution in [3.8, 4) is 0 Å². The topological polar surface area (TPSA) is 52.6 Å². The molecule has 0 saturated heterocycles. The van der Waals surface area contributed by atoms with Crippen molar-refractivity contribution in [1.82, 2.24) is 0 Å². The van der Waals surface area contributed by atoms with Gasteiger partial charge in [-0.15, -0.1) is 0 Å². The van der Waals surface area contributed by atoms with Crippen molar-refractivity contribution in [2.75, 3.05) is 6.61 Å². The van der Waals surface area contributed by atoms with Crippen molar-refractivity contribution in [1.29, 1.82) is 0 Å². The van der Waals surface area contributed by atoms with Crippen molar-refractivity contribution >= 4 is 11.9 Å². The monoisotopic (exact) mass is 172 g/mol. The smallest absolute Gasteiger partial charge is 0.347 e. The minimum Gasteiger partial charge on any atom is -0.463 e. The number of carbonyl (C=O) groups is 2. The first-order chi connectivity index (χ1) is 5.61. The second-order valence-electron chi connectivity index (χ2n) is 2.04. The Bertz CT molecular complexity index is 185. The van der Waals surface area contributed by atoms with Crippen LogP contribution in [0.2, 0.25) is 0 Å². The Morgan fingerprint density at radius 1 is 1.58 bits per heavy atom. The molecular weight excluding hydrogens is 160 g/mol.